The summed E-state index contributed by atoms with van der Waals surface area (Å²) in [5.74, 6) is -2.77. The number of nitrogens with one attached hydrogen (secondary N) is 3. The van der Waals surface area contributed by atoms with Crippen molar-refractivity contribution in [3.63, 3.8) is 0 Å². The van der Waals surface area contributed by atoms with Crippen LogP contribution in [-0.4, -0.2) is 107 Å². The van der Waals surface area contributed by atoms with E-state index >= 15 is 0 Å². The van der Waals surface area contributed by atoms with Gasteiger partial charge in [0, 0.05) is 25.9 Å². The predicted octanol–water partition coefficient (Wildman–Crippen LogP) is 6.08. The Bertz CT molecular complexity index is 1490. The maximum absolute atomic E-state index is 12.9. The van der Waals surface area contributed by atoms with Gasteiger partial charge in [0.15, 0.2) is 0 Å². The first-order valence-corrected chi connectivity index (χ1v) is 20.7. The first-order valence-electron chi connectivity index (χ1n) is 20.7. The Morgan fingerprint density at radius 3 is 1.81 bits per heavy atom. The zero-order valence-corrected chi connectivity index (χ0v) is 36.8. The summed E-state index contributed by atoms with van der Waals surface area (Å²) in [5, 5.41) is 17.1. The number of aliphatic carboxylic acids is 1. The number of benzene rings is 1. The van der Waals surface area contributed by atoms with Crippen LogP contribution in [0.15, 0.2) is 24.3 Å². The van der Waals surface area contributed by atoms with E-state index in [0.717, 1.165) is 43.4 Å². The highest BCUT2D eigenvalue weighted by Gasteiger charge is 2.27. The van der Waals surface area contributed by atoms with Gasteiger partial charge in [-0.15, -0.1) is 0 Å². The van der Waals surface area contributed by atoms with Crippen molar-refractivity contribution in [2.24, 2.45) is 0 Å². The average molecular weight is 835 g/mol. The molecular formula is C43H70N4O12. The third kappa shape index (κ3) is 27.4. The Morgan fingerprint density at radius 2 is 1.24 bits per heavy atom. The average Bonchev–Trinajstić information content (AvgIpc) is 3.10. The Balaban J connectivity index is 2.37. The molecule has 16 heteroatoms. The van der Waals surface area contributed by atoms with Crippen LogP contribution in [0, 0.1) is 0 Å². The predicted molar refractivity (Wildman–Crippen MR) is 222 cm³/mol. The summed E-state index contributed by atoms with van der Waals surface area (Å²) in [7, 11) is 0. The van der Waals surface area contributed by atoms with Crippen molar-refractivity contribution in [1.82, 2.24) is 20.9 Å². The van der Waals surface area contributed by atoms with Gasteiger partial charge in [-0.25, -0.2) is 14.4 Å². The second-order valence-electron chi connectivity index (χ2n) is 17.4. The molecule has 1 atom stereocenters. The molecule has 0 aliphatic rings. The topological polar surface area (TPSA) is 216 Å². The van der Waals surface area contributed by atoms with Gasteiger partial charge in [-0.1, -0.05) is 32.1 Å². The molecule has 59 heavy (non-hydrogen) atoms. The van der Waals surface area contributed by atoms with Gasteiger partial charge in [0.2, 0.25) is 17.7 Å². The first-order chi connectivity index (χ1) is 27.4. The molecule has 0 aliphatic carbocycles. The summed E-state index contributed by atoms with van der Waals surface area (Å²) >= 11 is 0. The molecule has 16 nitrogen and oxygen atoms in total. The smallest absolute Gasteiger partial charge is 0.408 e. The fourth-order valence-corrected chi connectivity index (χ4v) is 5.43. The molecule has 0 radical (unpaired) electrons. The maximum atomic E-state index is 12.9. The number of unbranched alkanes of at least 4 members (excludes halogenated alkanes) is 7. The van der Waals surface area contributed by atoms with Gasteiger partial charge < -0.3 is 44.9 Å². The van der Waals surface area contributed by atoms with E-state index in [1.165, 1.54) is 0 Å². The number of carbonyl (C=O) groups is 7. The number of hydrogen-bond donors (Lipinski definition) is 4. The minimum absolute atomic E-state index is 0.159. The Hall–Kier alpha value is -4.89. The monoisotopic (exact) mass is 834 g/mol. The molecule has 0 heterocycles. The normalized spacial score (nSPS) is 12.1. The lowest BCUT2D eigenvalue weighted by Gasteiger charge is -2.24. The second-order valence-corrected chi connectivity index (χ2v) is 17.4. The molecule has 1 rings (SSSR count). The Morgan fingerprint density at radius 1 is 0.661 bits per heavy atom. The van der Waals surface area contributed by atoms with E-state index in [1.54, 1.807) is 65.8 Å². The largest absolute Gasteiger partial charge is 0.494 e. The van der Waals surface area contributed by atoms with E-state index in [1.807, 2.05) is 20.8 Å². The lowest BCUT2D eigenvalue weighted by molar-refractivity contribution is -0.159. The van der Waals surface area contributed by atoms with Crippen LogP contribution in [-0.2, 0) is 38.2 Å². The SMILES string of the molecule is CC(C)(C)OC(=O)NCC(=O)N(CCC(=O)NCCCC[C@H](NC(=O)CCCCCCCCCOc1ccc(C(=O)OC(C)(C)C)cc1)C(=O)OC(C)(C)C)CC(=O)O. The van der Waals surface area contributed by atoms with Crippen LogP contribution in [0.4, 0.5) is 4.79 Å². The van der Waals surface area contributed by atoms with Crippen molar-refractivity contribution in [2.75, 3.05) is 32.8 Å². The van der Waals surface area contributed by atoms with Crippen molar-refractivity contribution in [1.29, 1.82) is 0 Å². The first kappa shape index (κ1) is 52.1. The fraction of sp³-hybridized carbons (Fsp3) is 0.698. The number of alkyl carbamates (subject to hydrolysis) is 1. The maximum Gasteiger partial charge on any atom is 0.408 e. The van der Waals surface area contributed by atoms with Crippen LogP contribution < -0.4 is 20.7 Å². The molecule has 0 spiro atoms. The highest BCUT2D eigenvalue weighted by atomic mass is 16.6. The number of hydrogen-bond acceptors (Lipinski definition) is 11. The molecule has 1 aromatic carbocycles. The van der Waals surface area contributed by atoms with E-state index in [4.69, 9.17) is 18.9 Å². The third-order valence-corrected chi connectivity index (χ3v) is 8.14. The van der Waals surface area contributed by atoms with Gasteiger partial charge in [0.25, 0.3) is 0 Å². The highest BCUT2D eigenvalue weighted by Crippen LogP contribution is 2.18. The molecule has 0 saturated carbocycles. The van der Waals surface area contributed by atoms with Gasteiger partial charge in [-0.05, 0) is 119 Å². The van der Waals surface area contributed by atoms with Crippen LogP contribution in [0.1, 0.15) is 150 Å². The minimum Gasteiger partial charge on any atom is -0.494 e. The van der Waals surface area contributed by atoms with Crippen LogP contribution in [0.3, 0.4) is 0 Å². The van der Waals surface area contributed by atoms with E-state index in [-0.39, 0.29) is 37.8 Å². The molecule has 0 unspecified atom stereocenters. The number of amides is 4. The molecular weight excluding hydrogens is 764 g/mol. The minimum atomic E-state index is -1.27. The van der Waals surface area contributed by atoms with Crippen molar-refractivity contribution in [3.8, 4) is 5.75 Å². The van der Waals surface area contributed by atoms with E-state index in [2.05, 4.69) is 16.0 Å². The zero-order valence-electron chi connectivity index (χ0n) is 36.8. The van der Waals surface area contributed by atoms with Gasteiger partial charge in [0.1, 0.15) is 41.7 Å². The fourth-order valence-electron chi connectivity index (χ4n) is 5.43. The van der Waals surface area contributed by atoms with Crippen LogP contribution in [0.25, 0.3) is 0 Å². The van der Waals surface area contributed by atoms with Crippen molar-refractivity contribution in [3.05, 3.63) is 29.8 Å². The number of carbonyl (C=O) groups excluding carboxylic acids is 6. The number of nitrogens with zero attached hydrogens (tertiary/aromatic N) is 1. The van der Waals surface area contributed by atoms with Gasteiger partial charge in [-0.2, -0.15) is 0 Å². The third-order valence-electron chi connectivity index (χ3n) is 8.14. The van der Waals surface area contributed by atoms with E-state index in [0.29, 0.717) is 43.6 Å². The number of rotatable bonds is 26. The van der Waals surface area contributed by atoms with Crippen LogP contribution in [0.2, 0.25) is 0 Å². The van der Waals surface area contributed by atoms with Gasteiger partial charge in [0.05, 0.1) is 12.2 Å². The molecule has 334 valence electrons. The summed E-state index contributed by atoms with van der Waals surface area (Å²) in [5.41, 5.74) is -1.59. The molecule has 4 N–H and O–H groups in total. The number of ether oxygens (including phenoxy) is 4. The molecule has 0 aromatic heterocycles. The van der Waals surface area contributed by atoms with Crippen LogP contribution >= 0.6 is 0 Å². The second kappa shape index (κ2) is 26.3. The lowest BCUT2D eigenvalue weighted by Crippen LogP contribution is -2.45. The molecule has 1 aromatic rings. The molecule has 0 bridgehead atoms. The molecule has 4 amide bonds. The number of esters is 2. The summed E-state index contributed by atoms with van der Waals surface area (Å²) in [6, 6.07) is 6.10. The number of carboxylic acids is 1. The summed E-state index contributed by atoms with van der Waals surface area (Å²) in [4.78, 5) is 87.1. The molecule has 0 saturated heterocycles. The van der Waals surface area contributed by atoms with E-state index < -0.39 is 65.8 Å². The summed E-state index contributed by atoms with van der Waals surface area (Å²) < 4.78 is 21.8. The number of carboxylic acid groups (broad SMARTS) is 1. The van der Waals surface area contributed by atoms with Crippen molar-refractivity contribution >= 4 is 41.7 Å². The zero-order chi connectivity index (χ0) is 44.6. The van der Waals surface area contributed by atoms with Crippen molar-refractivity contribution < 1.29 is 57.6 Å². The lowest BCUT2D eigenvalue weighted by atomic mass is 10.1. The summed E-state index contributed by atoms with van der Waals surface area (Å²) in [6.07, 6.45) is 7.17. The molecule has 0 aliphatic heterocycles. The Labute approximate surface area is 350 Å². The Kier molecular flexibility index (Phi) is 23.2. The van der Waals surface area contributed by atoms with E-state index in [9.17, 15) is 38.7 Å². The van der Waals surface area contributed by atoms with Gasteiger partial charge >= 0.3 is 24.0 Å². The van der Waals surface area contributed by atoms with Crippen LogP contribution in [0.5, 0.6) is 5.75 Å². The van der Waals surface area contributed by atoms with Crippen molar-refractivity contribution in [2.45, 2.75) is 162 Å². The standard InChI is InChI=1S/C43H70N4O12/c1-41(2,3)57-38(53)31-21-23-32(24-22-31)56-28-18-14-12-10-11-13-15-20-35(49)46-33(39(54)58-42(4,5)6)19-16-17-26-44-34(48)25-27-47(30-37(51)52)36(50)29-45-40(55)59-43(7,8)9/h21-24,33H,10-20,25-30H2,1-9H3,(H,44,48)(H,45,55)(H,46,49)(H,51,52)/t33-/m0/s1. The summed E-state index contributed by atoms with van der Waals surface area (Å²) in [6.45, 7) is 15.3. The van der Waals surface area contributed by atoms with Gasteiger partial charge in [-0.3, -0.25) is 19.2 Å². The quantitative estimate of drug-likeness (QED) is 0.0475. The highest BCUT2D eigenvalue weighted by molar-refractivity contribution is 5.90. The molecule has 0 fully saturated rings.